The summed E-state index contributed by atoms with van der Waals surface area (Å²) in [5.41, 5.74) is -0.0307. The number of aliphatic carboxylic acids is 1. The van der Waals surface area contributed by atoms with Crippen molar-refractivity contribution in [2.75, 3.05) is 0 Å². The first-order valence-corrected chi connectivity index (χ1v) is 4.56. The molecular formula is C11H8N2O4. The van der Waals surface area contributed by atoms with Crippen molar-refractivity contribution in [2.45, 2.75) is 6.92 Å². The summed E-state index contributed by atoms with van der Waals surface area (Å²) in [5, 5.41) is 28.0. The minimum Gasteiger partial charge on any atom is -0.477 e. The monoisotopic (exact) mass is 232 g/mol. The van der Waals surface area contributed by atoms with Gasteiger partial charge in [0.1, 0.15) is 11.6 Å². The number of nitro benzene ring substituents is 1. The Bertz CT molecular complexity index is 555. The van der Waals surface area contributed by atoms with Crippen LogP contribution >= 0.6 is 0 Å². The zero-order chi connectivity index (χ0) is 13.0. The van der Waals surface area contributed by atoms with Gasteiger partial charge in [0.25, 0.3) is 5.69 Å². The lowest BCUT2D eigenvalue weighted by Gasteiger charge is -2.02. The van der Waals surface area contributed by atoms with Gasteiger partial charge in [-0.2, -0.15) is 5.26 Å². The molecule has 0 aliphatic rings. The smallest absolute Gasteiger partial charge is 0.346 e. The molecule has 0 aliphatic carbocycles. The minimum atomic E-state index is -1.35. The molecular weight excluding hydrogens is 224 g/mol. The minimum absolute atomic E-state index is 0.149. The van der Waals surface area contributed by atoms with Crippen molar-refractivity contribution in [2.24, 2.45) is 0 Å². The molecule has 0 radical (unpaired) electrons. The maximum Gasteiger partial charge on any atom is 0.346 e. The van der Waals surface area contributed by atoms with E-state index in [9.17, 15) is 14.9 Å². The molecule has 86 valence electrons. The number of carboxylic acids is 1. The third-order valence-corrected chi connectivity index (χ3v) is 2.19. The first-order chi connectivity index (χ1) is 7.97. The van der Waals surface area contributed by atoms with E-state index in [2.05, 4.69) is 0 Å². The molecule has 0 saturated heterocycles. The van der Waals surface area contributed by atoms with Gasteiger partial charge < -0.3 is 5.11 Å². The van der Waals surface area contributed by atoms with Crippen LogP contribution in [-0.2, 0) is 4.79 Å². The summed E-state index contributed by atoms with van der Waals surface area (Å²) >= 11 is 0. The molecule has 0 bridgehead atoms. The summed E-state index contributed by atoms with van der Waals surface area (Å²) < 4.78 is 0. The first-order valence-electron chi connectivity index (χ1n) is 4.56. The van der Waals surface area contributed by atoms with E-state index in [1.807, 2.05) is 0 Å². The van der Waals surface area contributed by atoms with Crippen LogP contribution in [0.15, 0.2) is 29.8 Å². The number of hydrogen-bond acceptors (Lipinski definition) is 4. The number of allylic oxidation sites excluding steroid dienone is 1. The molecule has 1 rings (SSSR count). The van der Waals surface area contributed by atoms with Crippen LogP contribution in [0.4, 0.5) is 5.69 Å². The van der Waals surface area contributed by atoms with Gasteiger partial charge in [0, 0.05) is 12.1 Å². The Balaban J connectivity index is 3.35. The Kier molecular flexibility index (Phi) is 3.57. The maximum atomic E-state index is 10.7. The number of nitriles is 1. The van der Waals surface area contributed by atoms with Crippen molar-refractivity contribution in [3.63, 3.8) is 0 Å². The van der Waals surface area contributed by atoms with E-state index >= 15 is 0 Å². The number of non-ortho nitro benzene ring substituents is 1. The molecule has 6 heteroatoms. The topological polar surface area (TPSA) is 104 Å². The molecule has 1 aromatic carbocycles. The van der Waals surface area contributed by atoms with E-state index in [-0.39, 0.29) is 11.3 Å². The number of nitro groups is 1. The quantitative estimate of drug-likeness (QED) is 0.371. The summed E-state index contributed by atoms with van der Waals surface area (Å²) in [6, 6.07) is 7.04. The lowest BCUT2D eigenvalue weighted by atomic mass is 10.0. The van der Waals surface area contributed by atoms with Crippen LogP contribution in [-0.4, -0.2) is 16.0 Å². The Morgan fingerprint density at radius 1 is 1.53 bits per heavy atom. The summed E-state index contributed by atoms with van der Waals surface area (Å²) in [7, 11) is 0. The molecule has 0 saturated carbocycles. The van der Waals surface area contributed by atoms with Gasteiger partial charge in [-0.05, 0) is 18.1 Å². The van der Waals surface area contributed by atoms with E-state index in [0.717, 1.165) is 0 Å². The SMILES string of the molecule is CC(=C(C#N)C(=O)O)c1cccc([N+](=O)[O-])c1. The van der Waals surface area contributed by atoms with Crippen molar-refractivity contribution in [3.05, 3.63) is 45.5 Å². The zero-order valence-corrected chi connectivity index (χ0v) is 8.88. The summed E-state index contributed by atoms with van der Waals surface area (Å²) in [6.07, 6.45) is 0. The number of carboxylic acid groups (broad SMARTS) is 1. The maximum absolute atomic E-state index is 10.7. The standard InChI is InChI=1S/C11H8N2O4/c1-7(10(6-12)11(14)15)8-3-2-4-9(5-8)13(16)17/h2-5H,1H3,(H,14,15). The predicted molar refractivity (Wildman–Crippen MR) is 58.9 cm³/mol. The Hall–Kier alpha value is -2.68. The second-order valence-electron chi connectivity index (χ2n) is 3.22. The fourth-order valence-corrected chi connectivity index (χ4v) is 1.29. The largest absolute Gasteiger partial charge is 0.477 e. The van der Waals surface area contributed by atoms with E-state index in [1.165, 1.54) is 31.2 Å². The Morgan fingerprint density at radius 3 is 2.65 bits per heavy atom. The van der Waals surface area contributed by atoms with Crippen LogP contribution < -0.4 is 0 Å². The highest BCUT2D eigenvalue weighted by molar-refractivity contribution is 6.00. The highest BCUT2D eigenvalue weighted by Gasteiger charge is 2.14. The second kappa shape index (κ2) is 4.90. The molecule has 0 heterocycles. The van der Waals surface area contributed by atoms with Crippen LogP contribution in [0.2, 0.25) is 0 Å². The van der Waals surface area contributed by atoms with E-state index in [1.54, 1.807) is 6.07 Å². The number of hydrogen-bond donors (Lipinski definition) is 1. The van der Waals surface area contributed by atoms with Crippen molar-refractivity contribution in [1.29, 1.82) is 5.26 Å². The highest BCUT2D eigenvalue weighted by Crippen LogP contribution is 2.22. The van der Waals surface area contributed by atoms with E-state index in [0.29, 0.717) is 5.56 Å². The summed E-state index contributed by atoms with van der Waals surface area (Å²) in [6.45, 7) is 1.44. The van der Waals surface area contributed by atoms with Gasteiger partial charge in [-0.1, -0.05) is 12.1 Å². The Morgan fingerprint density at radius 2 is 2.18 bits per heavy atom. The van der Waals surface area contributed by atoms with Crippen molar-refractivity contribution in [3.8, 4) is 6.07 Å². The van der Waals surface area contributed by atoms with Gasteiger partial charge in [-0.25, -0.2) is 4.79 Å². The molecule has 6 nitrogen and oxygen atoms in total. The van der Waals surface area contributed by atoms with Crippen LogP contribution in [0.3, 0.4) is 0 Å². The Labute approximate surface area is 96.6 Å². The number of rotatable bonds is 3. The van der Waals surface area contributed by atoms with E-state index in [4.69, 9.17) is 10.4 Å². The van der Waals surface area contributed by atoms with Gasteiger partial charge in [-0.15, -0.1) is 0 Å². The fraction of sp³-hybridized carbons (Fsp3) is 0.0909. The molecule has 17 heavy (non-hydrogen) atoms. The molecule has 0 aliphatic heterocycles. The van der Waals surface area contributed by atoms with E-state index < -0.39 is 16.5 Å². The van der Waals surface area contributed by atoms with Crippen LogP contribution in [0.25, 0.3) is 5.57 Å². The molecule has 0 atom stereocenters. The molecule has 1 N–H and O–H groups in total. The fourth-order valence-electron chi connectivity index (χ4n) is 1.29. The summed E-state index contributed by atoms with van der Waals surface area (Å²) in [5.74, 6) is -1.35. The lowest BCUT2D eigenvalue weighted by Crippen LogP contribution is -2.01. The molecule has 0 amide bonds. The van der Waals surface area contributed by atoms with Crippen LogP contribution in [0.5, 0.6) is 0 Å². The predicted octanol–water partition coefficient (Wildman–Crippen LogP) is 1.98. The molecule has 0 spiro atoms. The van der Waals surface area contributed by atoms with Gasteiger partial charge in [0.05, 0.1) is 4.92 Å². The third-order valence-electron chi connectivity index (χ3n) is 2.19. The van der Waals surface area contributed by atoms with Crippen molar-refractivity contribution in [1.82, 2.24) is 0 Å². The average Bonchev–Trinajstić information content (AvgIpc) is 2.29. The van der Waals surface area contributed by atoms with Gasteiger partial charge in [0.2, 0.25) is 0 Å². The van der Waals surface area contributed by atoms with Crippen molar-refractivity contribution < 1.29 is 14.8 Å². The lowest BCUT2D eigenvalue weighted by molar-refractivity contribution is -0.384. The first kappa shape index (κ1) is 12.4. The van der Waals surface area contributed by atoms with Gasteiger partial charge in [-0.3, -0.25) is 10.1 Å². The van der Waals surface area contributed by atoms with Crippen LogP contribution in [0.1, 0.15) is 12.5 Å². The molecule has 1 aromatic rings. The normalized spacial score (nSPS) is 11.3. The second-order valence-corrected chi connectivity index (χ2v) is 3.22. The average molecular weight is 232 g/mol. The molecule has 0 aromatic heterocycles. The van der Waals surface area contributed by atoms with Crippen LogP contribution in [0, 0.1) is 21.4 Å². The molecule has 0 unspecified atom stereocenters. The summed E-state index contributed by atoms with van der Waals surface area (Å²) in [4.78, 5) is 20.7. The third kappa shape index (κ3) is 2.66. The molecule has 0 fully saturated rings. The highest BCUT2D eigenvalue weighted by atomic mass is 16.6. The zero-order valence-electron chi connectivity index (χ0n) is 8.88. The number of benzene rings is 1. The van der Waals surface area contributed by atoms with Gasteiger partial charge >= 0.3 is 5.97 Å². The van der Waals surface area contributed by atoms with Crippen molar-refractivity contribution >= 4 is 17.2 Å². The number of nitrogens with zero attached hydrogens (tertiary/aromatic N) is 2. The van der Waals surface area contributed by atoms with Gasteiger partial charge in [0.15, 0.2) is 0 Å². The number of carbonyl (C=O) groups is 1.